The van der Waals surface area contributed by atoms with Gasteiger partial charge < -0.3 is 29.4 Å². The van der Waals surface area contributed by atoms with Crippen molar-refractivity contribution in [3.63, 3.8) is 0 Å². The van der Waals surface area contributed by atoms with E-state index in [2.05, 4.69) is 5.32 Å². The summed E-state index contributed by atoms with van der Waals surface area (Å²) in [6, 6.07) is 17.9. The largest absolute Gasteiger partial charge is 0.545 e. The highest BCUT2D eigenvalue weighted by atomic mass is 35.5. The summed E-state index contributed by atoms with van der Waals surface area (Å²) in [5, 5.41) is 23.3. The summed E-state index contributed by atoms with van der Waals surface area (Å²) in [7, 11) is 1.43. The predicted octanol–water partition coefficient (Wildman–Crippen LogP) is 4.24. The lowest BCUT2D eigenvalue weighted by Crippen LogP contribution is -2.22. The molecule has 3 rings (SSSR count). The Morgan fingerprint density at radius 3 is 2.50 bits per heavy atom. The first-order chi connectivity index (χ1) is 17.3. The van der Waals surface area contributed by atoms with Crippen molar-refractivity contribution in [2.45, 2.75) is 13.5 Å². The maximum atomic E-state index is 12.7. The van der Waals surface area contributed by atoms with E-state index in [9.17, 15) is 20.0 Å². The van der Waals surface area contributed by atoms with E-state index in [0.717, 1.165) is 0 Å². The van der Waals surface area contributed by atoms with Crippen LogP contribution in [0.4, 0.5) is 5.69 Å². The Kier molecular flexibility index (Phi) is 8.92. The second-order valence-corrected chi connectivity index (χ2v) is 7.80. The Morgan fingerprint density at radius 1 is 1.11 bits per heavy atom. The number of nitrogens with one attached hydrogen (secondary N) is 1. The van der Waals surface area contributed by atoms with E-state index in [1.807, 2.05) is 13.0 Å². The molecule has 0 unspecified atom stereocenters. The van der Waals surface area contributed by atoms with Crippen molar-refractivity contribution in [1.29, 1.82) is 5.26 Å². The monoisotopic (exact) mass is 505 g/mol. The summed E-state index contributed by atoms with van der Waals surface area (Å²) in [4.78, 5) is 23.6. The summed E-state index contributed by atoms with van der Waals surface area (Å²) in [6.07, 6.45) is 1.39. The van der Waals surface area contributed by atoms with Gasteiger partial charge in [-0.1, -0.05) is 41.9 Å². The number of amides is 1. The summed E-state index contributed by atoms with van der Waals surface area (Å²) in [5.41, 5.74) is 1.57. The smallest absolute Gasteiger partial charge is 0.266 e. The molecule has 0 heterocycles. The van der Waals surface area contributed by atoms with Crippen LogP contribution >= 0.6 is 11.6 Å². The van der Waals surface area contributed by atoms with Gasteiger partial charge in [-0.2, -0.15) is 5.26 Å². The number of ether oxygens (including phenoxy) is 3. The molecule has 0 fully saturated rings. The van der Waals surface area contributed by atoms with Crippen LogP contribution in [0.3, 0.4) is 0 Å². The van der Waals surface area contributed by atoms with Gasteiger partial charge in [0.1, 0.15) is 24.0 Å². The Hall–Kier alpha value is -4.48. The first kappa shape index (κ1) is 26.1. The van der Waals surface area contributed by atoms with Crippen molar-refractivity contribution in [3.8, 4) is 23.3 Å². The van der Waals surface area contributed by atoms with E-state index in [1.165, 1.54) is 25.3 Å². The molecular formula is C27H22ClN2O6-. The van der Waals surface area contributed by atoms with Gasteiger partial charge in [0.05, 0.1) is 24.7 Å². The number of halogens is 1. The molecule has 9 heteroatoms. The standard InChI is InChI=1S/C27H23ClN2O6/c1-3-35-22-6-4-5-21(14-22)30-26(31)20(15-29)11-18-12-23(28)25(24(13-18)34-2)36-16-17-7-9-19(10-8-17)27(32)33/h4-14H,3,16H2,1-2H3,(H,30,31)(H,32,33)/p-1/b20-11+. The fourth-order valence-electron chi connectivity index (χ4n) is 3.20. The lowest BCUT2D eigenvalue weighted by atomic mass is 10.1. The van der Waals surface area contributed by atoms with Crippen LogP contribution in [0, 0.1) is 11.3 Å². The predicted molar refractivity (Wildman–Crippen MR) is 133 cm³/mol. The van der Waals surface area contributed by atoms with Crippen LogP contribution in [0.25, 0.3) is 6.08 Å². The van der Waals surface area contributed by atoms with Crippen LogP contribution in [0.5, 0.6) is 17.2 Å². The molecule has 3 aromatic carbocycles. The number of nitriles is 1. The van der Waals surface area contributed by atoms with Gasteiger partial charge in [0.2, 0.25) is 0 Å². The average molecular weight is 506 g/mol. The molecule has 3 aromatic rings. The molecule has 0 aliphatic heterocycles. The van der Waals surface area contributed by atoms with E-state index in [0.29, 0.717) is 34.9 Å². The topological polar surface area (TPSA) is 121 Å². The molecule has 8 nitrogen and oxygen atoms in total. The van der Waals surface area contributed by atoms with Crippen molar-refractivity contribution >= 4 is 35.2 Å². The van der Waals surface area contributed by atoms with Crippen molar-refractivity contribution < 1.29 is 28.9 Å². The van der Waals surface area contributed by atoms with Gasteiger partial charge in [-0.25, -0.2) is 0 Å². The van der Waals surface area contributed by atoms with Crippen LogP contribution in [0.2, 0.25) is 5.02 Å². The van der Waals surface area contributed by atoms with Crippen LogP contribution in [0.15, 0.2) is 66.2 Å². The Balaban J connectivity index is 1.78. The third kappa shape index (κ3) is 6.78. The van der Waals surface area contributed by atoms with Crippen molar-refractivity contribution in [1.82, 2.24) is 0 Å². The molecule has 0 radical (unpaired) electrons. The van der Waals surface area contributed by atoms with Gasteiger partial charge >= 0.3 is 0 Å². The zero-order chi connectivity index (χ0) is 26.1. The van der Waals surface area contributed by atoms with Crippen LogP contribution in [-0.2, 0) is 11.4 Å². The van der Waals surface area contributed by atoms with Gasteiger partial charge in [-0.15, -0.1) is 0 Å². The normalized spacial score (nSPS) is 10.8. The molecule has 0 aliphatic carbocycles. The summed E-state index contributed by atoms with van der Waals surface area (Å²) >= 11 is 6.41. The summed E-state index contributed by atoms with van der Waals surface area (Å²) in [6.45, 7) is 2.44. The third-order valence-corrected chi connectivity index (χ3v) is 5.18. The molecule has 0 saturated carbocycles. The number of carboxylic acids is 1. The van der Waals surface area contributed by atoms with Gasteiger partial charge in [-0.3, -0.25) is 4.79 Å². The lowest BCUT2D eigenvalue weighted by Gasteiger charge is -2.14. The van der Waals surface area contributed by atoms with E-state index < -0.39 is 11.9 Å². The third-order valence-electron chi connectivity index (χ3n) is 4.90. The SMILES string of the molecule is CCOc1cccc(NC(=O)/C(C#N)=C/c2cc(Cl)c(OCc3ccc(C(=O)[O-])cc3)c(OC)c2)c1. The number of carboxylic acid groups (broad SMARTS) is 1. The van der Waals surface area contributed by atoms with Crippen molar-refractivity contribution in [2.75, 3.05) is 19.0 Å². The number of carbonyl (C=O) groups excluding carboxylic acids is 2. The Labute approximate surface area is 213 Å². The van der Waals surface area contributed by atoms with E-state index in [-0.39, 0.29) is 28.5 Å². The first-order valence-electron chi connectivity index (χ1n) is 10.8. The average Bonchev–Trinajstić information content (AvgIpc) is 2.87. The summed E-state index contributed by atoms with van der Waals surface area (Å²) < 4.78 is 16.6. The van der Waals surface area contributed by atoms with Crippen molar-refractivity contribution in [3.05, 3.63) is 87.9 Å². The number of carbonyl (C=O) groups is 2. The zero-order valence-electron chi connectivity index (χ0n) is 19.5. The number of rotatable bonds is 10. The molecule has 36 heavy (non-hydrogen) atoms. The number of nitrogens with zero attached hydrogens (tertiary/aromatic N) is 1. The number of hydrogen-bond acceptors (Lipinski definition) is 7. The molecule has 0 saturated heterocycles. The van der Waals surface area contributed by atoms with Gasteiger partial charge in [0.25, 0.3) is 5.91 Å². The molecule has 1 amide bonds. The highest BCUT2D eigenvalue weighted by molar-refractivity contribution is 6.32. The minimum atomic E-state index is -1.26. The van der Waals surface area contributed by atoms with Gasteiger partial charge in [-0.05, 0) is 54.0 Å². The minimum absolute atomic E-state index is 0.0600. The van der Waals surface area contributed by atoms with Crippen LogP contribution < -0.4 is 24.6 Å². The quantitative estimate of drug-likeness (QED) is 0.323. The first-order valence-corrected chi connectivity index (χ1v) is 11.2. The van der Waals surface area contributed by atoms with Gasteiger partial charge in [0.15, 0.2) is 11.5 Å². The second-order valence-electron chi connectivity index (χ2n) is 7.39. The van der Waals surface area contributed by atoms with Crippen LogP contribution in [-0.4, -0.2) is 25.6 Å². The fourth-order valence-corrected chi connectivity index (χ4v) is 3.47. The number of benzene rings is 3. The maximum Gasteiger partial charge on any atom is 0.266 e. The molecule has 0 atom stereocenters. The minimum Gasteiger partial charge on any atom is -0.545 e. The van der Waals surface area contributed by atoms with Crippen molar-refractivity contribution in [2.24, 2.45) is 0 Å². The zero-order valence-corrected chi connectivity index (χ0v) is 20.3. The number of methoxy groups -OCH3 is 1. The molecule has 184 valence electrons. The van der Waals surface area contributed by atoms with Crippen LogP contribution in [0.1, 0.15) is 28.4 Å². The molecule has 0 bridgehead atoms. The maximum absolute atomic E-state index is 12.7. The molecule has 0 aromatic heterocycles. The number of hydrogen-bond donors (Lipinski definition) is 1. The number of aromatic carboxylic acids is 1. The Morgan fingerprint density at radius 2 is 1.86 bits per heavy atom. The molecule has 1 N–H and O–H groups in total. The Bertz CT molecular complexity index is 1330. The number of anilines is 1. The van der Waals surface area contributed by atoms with Gasteiger partial charge in [0, 0.05) is 11.8 Å². The van der Waals surface area contributed by atoms with E-state index in [1.54, 1.807) is 48.5 Å². The fraction of sp³-hybridized carbons (Fsp3) is 0.148. The molecule has 0 spiro atoms. The summed E-state index contributed by atoms with van der Waals surface area (Å²) in [5.74, 6) is -0.709. The molecular weight excluding hydrogens is 484 g/mol. The lowest BCUT2D eigenvalue weighted by molar-refractivity contribution is -0.255. The highest BCUT2D eigenvalue weighted by Gasteiger charge is 2.15. The second kappa shape index (κ2) is 12.3. The van der Waals surface area contributed by atoms with E-state index >= 15 is 0 Å². The highest BCUT2D eigenvalue weighted by Crippen LogP contribution is 2.37. The molecule has 0 aliphatic rings. The van der Waals surface area contributed by atoms with E-state index in [4.69, 9.17) is 25.8 Å².